The molecular formula is C7H5BrN2S. The van der Waals surface area contributed by atoms with E-state index in [0.717, 1.165) is 14.7 Å². The van der Waals surface area contributed by atoms with Crippen LogP contribution in [0.1, 0.15) is 0 Å². The molecule has 2 rings (SSSR count). The topological polar surface area (TPSA) is 38.9 Å². The molecule has 0 amide bonds. The van der Waals surface area contributed by atoms with Gasteiger partial charge in [-0.1, -0.05) is 17.4 Å². The molecule has 0 atom stereocenters. The number of fused-ring (bicyclic) bond motifs is 1. The van der Waals surface area contributed by atoms with Crippen molar-refractivity contribution >= 4 is 42.6 Å². The van der Waals surface area contributed by atoms with Crippen molar-refractivity contribution in [3.63, 3.8) is 0 Å². The number of nitrogen functional groups attached to an aromatic ring is 1. The smallest absolute Gasteiger partial charge is 0.181 e. The highest BCUT2D eigenvalue weighted by atomic mass is 79.9. The van der Waals surface area contributed by atoms with Crippen LogP contribution >= 0.6 is 27.3 Å². The molecule has 0 unspecified atom stereocenters. The van der Waals surface area contributed by atoms with E-state index in [-0.39, 0.29) is 0 Å². The number of anilines is 1. The number of nitrogens with two attached hydrogens (primary N) is 1. The van der Waals surface area contributed by atoms with E-state index in [1.165, 1.54) is 11.3 Å². The minimum atomic E-state index is 0.618. The van der Waals surface area contributed by atoms with Gasteiger partial charge in [-0.15, -0.1) is 0 Å². The molecule has 2 aromatic rings. The van der Waals surface area contributed by atoms with Gasteiger partial charge in [0.15, 0.2) is 5.13 Å². The summed E-state index contributed by atoms with van der Waals surface area (Å²) in [7, 11) is 0. The zero-order chi connectivity index (χ0) is 7.84. The average Bonchev–Trinajstić information content (AvgIpc) is 2.31. The lowest BCUT2D eigenvalue weighted by Gasteiger charge is -1.88. The second kappa shape index (κ2) is 2.46. The number of hydrogen-bond donors (Lipinski definition) is 1. The number of benzene rings is 1. The van der Waals surface area contributed by atoms with Gasteiger partial charge in [-0.25, -0.2) is 4.98 Å². The molecule has 0 radical (unpaired) electrons. The summed E-state index contributed by atoms with van der Waals surface area (Å²) in [5, 5.41) is 0.618. The van der Waals surface area contributed by atoms with Gasteiger partial charge in [-0.2, -0.15) is 0 Å². The Morgan fingerprint density at radius 2 is 2.27 bits per heavy atom. The maximum absolute atomic E-state index is 5.55. The predicted octanol–water partition coefficient (Wildman–Crippen LogP) is 2.64. The molecule has 1 aromatic heterocycles. The third kappa shape index (κ3) is 1.12. The first-order chi connectivity index (χ1) is 5.27. The summed E-state index contributed by atoms with van der Waals surface area (Å²) in [4.78, 5) is 4.16. The predicted molar refractivity (Wildman–Crippen MR) is 51.7 cm³/mol. The van der Waals surface area contributed by atoms with Crippen LogP contribution in [0.4, 0.5) is 5.13 Å². The van der Waals surface area contributed by atoms with E-state index < -0.39 is 0 Å². The Labute approximate surface area is 76.2 Å². The van der Waals surface area contributed by atoms with Crippen molar-refractivity contribution < 1.29 is 0 Å². The van der Waals surface area contributed by atoms with Crippen LogP contribution in [-0.4, -0.2) is 4.98 Å². The van der Waals surface area contributed by atoms with Gasteiger partial charge in [0.1, 0.15) is 0 Å². The first-order valence-electron chi connectivity index (χ1n) is 3.08. The fourth-order valence-corrected chi connectivity index (χ4v) is 2.28. The highest BCUT2D eigenvalue weighted by Gasteiger charge is 2.02. The number of hydrogen-bond acceptors (Lipinski definition) is 3. The van der Waals surface area contributed by atoms with Gasteiger partial charge in [0.25, 0.3) is 0 Å². The third-order valence-corrected chi connectivity index (χ3v) is 2.88. The van der Waals surface area contributed by atoms with E-state index in [9.17, 15) is 0 Å². The number of nitrogens with zero attached hydrogens (tertiary/aromatic N) is 1. The van der Waals surface area contributed by atoms with E-state index in [2.05, 4.69) is 20.9 Å². The Kier molecular flexibility index (Phi) is 1.58. The fourth-order valence-electron chi connectivity index (χ4n) is 0.932. The molecule has 2 N–H and O–H groups in total. The van der Waals surface area contributed by atoms with Gasteiger partial charge >= 0.3 is 0 Å². The Morgan fingerprint density at radius 1 is 1.45 bits per heavy atom. The highest BCUT2D eigenvalue weighted by Crippen LogP contribution is 2.28. The third-order valence-electron chi connectivity index (χ3n) is 1.39. The summed E-state index contributed by atoms with van der Waals surface area (Å²) in [6.07, 6.45) is 0. The van der Waals surface area contributed by atoms with Gasteiger partial charge in [0.2, 0.25) is 0 Å². The van der Waals surface area contributed by atoms with Crippen molar-refractivity contribution in [3.05, 3.63) is 22.7 Å². The normalized spacial score (nSPS) is 10.6. The van der Waals surface area contributed by atoms with Crippen molar-refractivity contribution in [2.45, 2.75) is 0 Å². The number of halogens is 1. The van der Waals surface area contributed by atoms with Gasteiger partial charge < -0.3 is 5.73 Å². The minimum absolute atomic E-state index is 0.618. The largest absolute Gasteiger partial charge is 0.375 e. The minimum Gasteiger partial charge on any atom is -0.375 e. The van der Waals surface area contributed by atoms with Crippen LogP contribution in [0, 0.1) is 0 Å². The summed E-state index contributed by atoms with van der Waals surface area (Å²) in [6, 6.07) is 5.94. The van der Waals surface area contributed by atoms with Crippen molar-refractivity contribution in [1.29, 1.82) is 0 Å². The molecule has 0 bridgehead atoms. The molecular weight excluding hydrogens is 224 g/mol. The van der Waals surface area contributed by atoms with Crippen molar-refractivity contribution in [1.82, 2.24) is 4.98 Å². The first kappa shape index (κ1) is 7.06. The average molecular weight is 229 g/mol. The summed E-state index contributed by atoms with van der Waals surface area (Å²) >= 11 is 4.90. The van der Waals surface area contributed by atoms with E-state index in [0.29, 0.717) is 5.13 Å². The zero-order valence-corrected chi connectivity index (χ0v) is 7.95. The van der Waals surface area contributed by atoms with Gasteiger partial charge in [-0.05, 0) is 28.1 Å². The molecule has 0 saturated carbocycles. The van der Waals surface area contributed by atoms with Crippen LogP contribution < -0.4 is 5.73 Å². The molecule has 0 spiro atoms. The number of para-hydroxylation sites is 1. The van der Waals surface area contributed by atoms with Crippen LogP contribution in [0.15, 0.2) is 22.7 Å². The van der Waals surface area contributed by atoms with Crippen LogP contribution in [0.2, 0.25) is 0 Å². The standard InChI is InChI=1S/C7H5BrN2S/c8-4-2-1-3-5-6(4)10-7(9)11-5/h1-3H,(H2,9,10). The molecule has 1 heterocycles. The number of thiazole rings is 1. The fraction of sp³-hybridized carbons (Fsp3) is 0. The van der Waals surface area contributed by atoms with Crippen LogP contribution in [0.3, 0.4) is 0 Å². The molecule has 0 saturated heterocycles. The van der Waals surface area contributed by atoms with E-state index in [1.54, 1.807) is 0 Å². The van der Waals surface area contributed by atoms with Gasteiger partial charge in [0, 0.05) is 4.47 Å². The second-order valence-corrected chi connectivity index (χ2v) is 4.06. The first-order valence-corrected chi connectivity index (χ1v) is 4.69. The number of aromatic nitrogens is 1. The lowest BCUT2D eigenvalue weighted by Crippen LogP contribution is -1.79. The second-order valence-electron chi connectivity index (χ2n) is 2.14. The quantitative estimate of drug-likeness (QED) is 0.754. The summed E-state index contributed by atoms with van der Waals surface area (Å²) in [5.74, 6) is 0. The molecule has 11 heavy (non-hydrogen) atoms. The molecule has 56 valence electrons. The zero-order valence-electron chi connectivity index (χ0n) is 5.54. The molecule has 0 fully saturated rings. The molecule has 0 aliphatic rings. The monoisotopic (exact) mass is 228 g/mol. The Bertz CT molecular complexity index is 396. The maximum atomic E-state index is 5.55. The van der Waals surface area contributed by atoms with Crippen molar-refractivity contribution in [2.24, 2.45) is 0 Å². The van der Waals surface area contributed by atoms with Crippen LogP contribution in [-0.2, 0) is 0 Å². The van der Waals surface area contributed by atoms with Gasteiger partial charge in [-0.3, -0.25) is 0 Å². The van der Waals surface area contributed by atoms with Crippen molar-refractivity contribution in [3.8, 4) is 0 Å². The Hall–Kier alpha value is -0.610. The molecule has 1 aromatic carbocycles. The van der Waals surface area contributed by atoms with Crippen molar-refractivity contribution in [2.75, 3.05) is 5.73 Å². The van der Waals surface area contributed by atoms with Crippen LogP contribution in [0.5, 0.6) is 0 Å². The summed E-state index contributed by atoms with van der Waals surface area (Å²) in [5.41, 5.74) is 6.50. The maximum Gasteiger partial charge on any atom is 0.181 e. The molecule has 0 aliphatic carbocycles. The molecule has 0 aliphatic heterocycles. The van der Waals surface area contributed by atoms with E-state index in [4.69, 9.17) is 5.73 Å². The molecule has 2 nitrogen and oxygen atoms in total. The lowest BCUT2D eigenvalue weighted by atomic mass is 10.3. The highest BCUT2D eigenvalue weighted by molar-refractivity contribution is 9.10. The van der Waals surface area contributed by atoms with E-state index in [1.807, 2.05) is 18.2 Å². The van der Waals surface area contributed by atoms with E-state index >= 15 is 0 Å². The Morgan fingerprint density at radius 3 is 3.00 bits per heavy atom. The number of rotatable bonds is 0. The molecule has 4 heteroatoms. The van der Waals surface area contributed by atoms with Gasteiger partial charge in [0.05, 0.1) is 10.2 Å². The SMILES string of the molecule is Nc1nc2c(Br)cccc2s1. The Balaban J connectivity index is 2.90. The lowest BCUT2D eigenvalue weighted by molar-refractivity contribution is 1.48. The summed E-state index contributed by atoms with van der Waals surface area (Å²) < 4.78 is 2.12. The van der Waals surface area contributed by atoms with Crippen LogP contribution in [0.25, 0.3) is 10.2 Å². The summed E-state index contributed by atoms with van der Waals surface area (Å²) in [6.45, 7) is 0.